The molecule has 0 radical (unpaired) electrons. The third kappa shape index (κ3) is 4.87. The number of rotatable bonds is 6. The first-order valence-electron chi connectivity index (χ1n) is 11.8. The first kappa shape index (κ1) is 21.5. The fourth-order valence-corrected chi connectivity index (χ4v) is 4.90. The van der Waals surface area contributed by atoms with Crippen LogP contribution in [0.3, 0.4) is 0 Å². The topological polar surface area (TPSA) is 76.5 Å². The van der Waals surface area contributed by atoms with Crippen LogP contribution < -0.4 is 10.1 Å². The molecule has 3 heterocycles. The Morgan fingerprint density at radius 1 is 1.03 bits per heavy atom. The number of aromatic nitrogens is 2. The van der Waals surface area contributed by atoms with Gasteiger partial charge in [-0.3, -0.25) is 9.59 Å². The van der Waals surface area contributed by atoms with E-state index in [1.54, 1.807) is 0 Å². The molecule has 2 aromatic carbocycles. The maximum Gasteiger partial charge on any atom is 0.227 e. The number of para-hydroxylation sites is 3. The van der Waals surface area contributed by atoms with Crippen LogP contribution in [0, 0.1) is 11.8 Å². The second-order valence-corrected chi connectivity index (χ2v) is 9.04. The number of imidazole rings is 1. The molecular formula is C26H30N4O3. The molecule has 2 aliphatic heterocycles. The zero-order chi connectivity index (χ0) is 22.6. The molecule has 1 atom stereocenters. The molecule has 0 saturated carbocycles. The van der Waals surface area contributed by atoms with Gasteiger partial charge in [0.15, 0.2) is 0 Å². The Bertz CT molecular complexity index is 1110. The molecule has 3 aromatic rings. The number of likely N-dealkylation sites (tertiary alicyclic amines) is 1. The van der Waals surface area contributed by atoms with Crippen molar-refractivity contribution in [2.24, 2.45) is 11.8 Å². The number of nitrogens with zero attached hydrogens (tertiary/aromatic N) is 3. The number of carbonyl (C=O) groups is 2. The highest BCUT2D eigenvalue weighted by atomic mass is 16.5. The van der Waals surface area contributed by atoms with Crippen LogP contribution in [0.5, 0.6) is 5.75 Å². The minimum atomic E-state index is -0.0708. The number of benzene rings is 2. The van der Waals surface area contributed by atoms with Gasteiger partial charge in [0.1, 0.15) is 18.2 Å². The Balaban J connectivity index is 1.24. The lowest BCUT2D eigenvalue weighted by molar-refractivity contribution is -0.138. The van der Waals surface area contributed by atoms with Crippen LogP contribution in [0.15, 0.2) is 54.6 Å². The van der Waals surface area contributed by atoms with Crippen molar-refractivity contribution in [2.75, 3.05) is 19.6 Å². The Kier molecular flexibility index (Phi) is 6.28. The molecule has 2 fully saturated rings. The minimum Gasteiger partial charge on any atom is -0.486 e. The number of piperidine rings is 2. The van der Waals surface area contributed by atoms with Gasteiger partial charge in [0.25, 0.3) is 0 Å². The Morgan fingerprint density at radius 3 is 2.55 bits per heavy atom. The van der Waals surface area contributed by atoms with Gasteiger partial charge in [0, 0.05) is 32.6 Å². The molecule has 0 spiro atoms. The second-order valence-electron chi connectivity index (χ2n) is 9.04. The van der Waals surface area contributed by atoms with E-state index in [0.29, 0.717) is 31.9 Å². The lowest BCUT2D eigenvalue weighted by Crippen LogP contribution is -2.47. The van der Waals surface area contributed by atoms with Crippen LogP contribution in [0.2, 0.25) is 0 Å². The smallest absolute Gasteiger partial charge is 0.227 e. The van der Waals surface area contributed by atoms with Crippen LogP contribution in [0.4, 0.5) is 0 Å². The van der Waals surface area contributed by atoms with Crippen molar-refractivity contribution in [3.8, 4) is 5.75 Å². The molecule has 1 unspecified atom stereocenters. The SMILES string of the molecule is O=C1CCC(C(=O)N2CCC(Cn3c(COc4ccccc4)nc4ccccc43)CC2)CN1. The van der Waals surface area contributed by atoms with Crippen LogP contribution in [0.25, 0.3) is 11.0 Å². The fourth-order valence-electron chi connectivity index (χ4n) is 4.90. The average Bonchev–Trinajstić information content (AvgIpc) is 3.21. The number of nitrogens with one attached hydrogen (secondary N) is 1. The lowest BCUT2D eigenvalue weighted by Gasteiger charge is -2.35. The summed E-state index contributed by atoms with van der Waals surface area (Å²) in [6.07, 6.45) is 3.05. The van der Waals surface area contributed by atoms with Gasteiger partial charge in [-0.05, 0) is 49.4 Å². The summed E-state index contributed by atoms with van der Waals surface area (Å²) in [5.74, 6) is 2.42. The minimum absolute atomic E-state index is 0.0531. The quantitative estimate of drug-likeness (QED) is 0.630. The Morgan fingerprint density at radius 2 is 1.79 bits per heavy atom. The van der Waals surface area contributed by atoms with Gasteiger partial charge < -0.3 is 19.5 Å². The number of hydrogen-bond donors (Lipinski definition) is 1. The Hall–Kier alpha value is -3.35. The summed E-state index contributed by atoms with van der Waals surface area (Å²) in [6.45, 7) is 3.31. The Labute approximate surface area is 193 Å². The normalized spacial score (nSPS) is 19.5. The lowest BCUT2D eigenvalue weighted by atomic mass is 9.93. The molecule has 0 bridgehead atoms. The molecule has 7 heteroatoms. The van der Waals surface area contributed by atoms with Gasteiger partial charge in [-0.1, -0.05) is 30.3 Å². The molecule has 7 nitrogen and oxygen atoms in total. The number of carbonyl (C=O) groups excluding carboxylic acids is 2. The maximum absolute atomic E-state index is 12.9. The maximum atomic E-state index is 12.9. The molecule has 1 N–H and O–H groups in total. The molecule has 1 aromatic heterocycles. The van der Waals surface area contributed by atoms with Gasteiger partial charge in [-0.25, -0.2) is 4.98 Å². The van der Waals surface area contributed by atoms with E-state index in [0.717, 1.165) is 55.1 Å². The summed E-state index contributed by atoms with van der Waals surface area (Å²) in [7, 11) is 0. The molecular weight excluding hydrogens is 416 g/mol. The van der Waals surface area contributed by atoms with Gasteiger partial charge in [0.2, 0.25) is 11.8 Å². The molecule has 2 aliphatic rings. The zero-order valence-electron chi connectivity index (χ0n) is 18.8. The van der Waals surface area contributed by atoms with E-state index < -0.39 is 0 Å². The van der Waals surface area contributed by atoms with Crippen molar-refractivity contribution < 1.29 is 14.3 Å². The molecule has 33 heavy (non-hydrogen) atoms. The fraction of sp³-hybridized carbons (Fsp3) is 0.423. The van der Waals surface area contributed by atoms with E-state index in [2.05, 4.69) is 16.0 Å². The highest BCUT2D eigenvalue weighted by Gasteiger charge is 2.31. The number of amides is 2. The van der Waals surface area contributed by atoms with Crippen LogP contribution in [-0.2, 0) is 22.7 Å². The monoisotopic (exact) mass is 446 g/mol. The van der Waals surface area contributed by atoms with E-state index in [1.165, 1.54) is 0 Å². The van der Waals surface area contributed by atoms with Gasteiger partial charge >= 0.3 is 0 Å². The van der Waals surface area contributed by atoms with Crippen molar-refractivity contribution in [1.82, 2.24) is 19.8 Å². The summed E-state index contributed by atoms with van der Waals surface area (Å²) < 4.78 is 8.30. The van der Waals surface area contributed by atoms with E-state index in [1.807, 2.05) is 53.4 Å². The molecule has 0 aliphatic carbocycles. The molecule has 5 rings (SSSR count). The van der Waals surface area contributed by atoms with Gasteiger partial charge in [-0.2, -0.15) is 0 Å². The standard InChI is InChI=1S/C26H30N4O3/c31-25-11-10-20(16-27-25)26(32)29-14-12-19(13-15-29)17-30-23-9-5-4-8-22(23)28-24(30)18-33-21-6-2-1-3-7-21/h1-9,19-20H,10-18H2,(H,27,31). The van der Waals surface area contributed by atoms with E-state index >= 15 is 0 Å². The van der Waals surface area contributed by atoms with Crippen LogP contribution in [-0.4, -0.2) is 45.9 Å². The van der Waals surface area contributed by atoms with Crippen molar-refractivity contribution in [1.29, 1.82) is 0 Å². The summed E-state index contributed by atoms with van der Waals surface area (Å²) in [5.41, 5.74) is 2.11. The van der Waals surface area contributed by atoms with E-state index in [4.69, 9.17) is 9.72 Å². The third-order valence-corrected chi connectivity index (χ3v) is 6.83. The van der Waals surface area contributed by atoms with Gasteiger partial charge in [0.05, 0.1) is 17.0 Å². The number of hydrogen-bond acceptors (Lipinski definition) is 4. The second kappa shape index (κ2) is 9.65. The molecule has 2 saturated heterocycles. The van der Waals surface area contributed by atoms with Gasteiger partial charge in [-0.15, -0.1) is 0 Å². The van der Waals surface area contributed by atoms with Crippen molar-refractivity contribution in [3.63, 3.8) is 0 Å². The summed E-state index contributed by atoms with van der Waals surface area (Å²) >= 11 is 0. The number of ether oxygens (including phenoxy) is 1. The average molecular weight is 447 g/mol. The summed E-state index contributed by atoms with van der Waals surface area (Å²) in [6, 6.07) is 18.0. The van der Waals surface area contributed by atoms with Crippen LogP contribution >= 0.6 is 0 Å². The first-order chi connectivity index (χ1) is 16.2. The van der Waals surface area contributed by atoms with Crippen molar-refractivity contribution in [2.45, 2.75) is 38.8 Å². The van der Waals surface area contributed by atoms with Crippen LogP contribution in [0.1, 0.15) is 31.5 Å². The number of fused-ring (bicyclic) bond motifs is 1. The summed E-state index contributed by atoms with van der Waals surface area (Å²) in [4.78, 5) is 31.1. The van der Waals surface area contributed by atoms with Crippen molar-refractivity contribution >= 4 is 22.8 Å². The van der Waals surface area contributed by atoms with E-state index in [9.17, 15) is 9.59 Å². The zero-order valence-corrected chi connectivity index (χ0v) is 18.8. The largest absolute Gasteiger partial charge is 0.486 e. The predicted molar refractivity (Wildman–Crippen MR) is 126 cm³/mol. The first-order valence-corrected chi connectivity index (χ1v) is 11.8. The highest BCUT2D eigenvalue weighted by Crippen LogP contribution is 2.26. The molecule has 172 valence electrons. The summed E-state index contributed by atoms with van der Waals surface area (Å²) in [5, 5.41) is 2.83. The van der Waals surface area contributed by atoms with Crippen molar-refractivity contribution in [3.05, 3.63) is 60.4 Å². The third-order valence-electron chi connectivity index (χ3n) is 6.83. The highest BCUT2D eigenvalue weighted by molar-refractivity contribution is 5.83. The molecule has 2 amide bonds. The predicted octanol–water partition coefficient (Wildman–Crippen LogP) is 3.38. The van der Waals surface area contributed by atoms with E-state index in [-0.39, 0.29) is 17.7 Å².